The molecule has 0 aromatic carbocycles. The maximum Gasteiger partial charge on any atom is 0.0689 e. The van der Waals surface area contributed by atoms with E-state index < -0.39 is 5.09 Å². The van der Waals surface area contributed by atoms with Crippen LogP contribution in [0.1, 0.15) is 0 Å². The standard InChI is InChI=1S/NO3.6H2O.Tm/c2-1(3)4;;;;;;;/h;6*1H2;/q-1;;;;;;;. The first kappa shape index (κ1) is 114. The predicted molar refractivity (Wildman–Crippen MR) is 32.0 cm³/mol. The largest absolute Gasteiger partial charge is 0.412 e. The minimum absolute atomic E-state index is 0. The normalized spacial score (nSPS) is 2.18. The van der Waals surface area contributed by atoms with Crippen molar-refractivity contribution in [3.63, 3.8) is 0 Å². The molecule has 0 heterocycles. The van der Waals surface area contributed by atoms with Crippen molar-refractivity contribution < 1.29 is 74.8 Å². The molecule has 0 fully saturated rings. The van der Waals surface area contributed by atoms with E-state index in [0.717, 1.165) is 0 Å². The summed E-state index contributed by atoms with van der Waals surface area (Å²) in [6.45, 7) is 0. The molecule has 0 aliphatic heterocycles. The second-order valence-corrected chi connectivity index (χ2v) is 0.224. The van der Waals surface area contributed by atoms with E-state index in [4.69, 9.17) is 15.3 Å². The second-order valence-electron chi connectivity index (χ2n) is 0.224. The monoisotopic (exact) mass is 339 g/mol. The zero-order valence-electron chi connectivity index (χ0n) is 4.95. The van der Waals surface area contributed by atoms with Crippen LogP contribution in [0.4, 0.5) is 0 Å². The Morgan fingerprint density at radius 3 is 0.727 bits per heavy atom. The molecule has 10 nitrogen and oxygen atoms in total. The minimum Gasteiger partial charge on any atom is -0.412 e. The van der Waals surface area contributed by atoms with Gasteiger partial charge in [0.05, 0.1) is 5.09 Å². The third-order valence-electron chi connectivity index (χ3n) is 0. The van der Waals surface area contributed by atoms with E-state index in [1.807, 2.05) is 0 Å². The summed E-state index contributed by atoms with van der Waals surface area (Å²) < 4.78 is 0. The van der Waals surface area contributed by atoms with Crippen LogP contribution < -0.4 is 0 Å². The summed E-state index contributed by atoms with van der Waals surface area (Å²) >= 11 is 0. The SMILES string of the molecule is O.O.O.O.O.O.O=[N+]([O-])[O-].[Tm]. The maximum atomic E-state index is 8.25. The Morgan fingerprint density at radius 2 is 0.727 bits per heavy atom. The molecule has 0 spiro atoms. The average Bonchev–Trinajstić information content (AvgIpc) is 0.811. The smallest absolute Gasteiger partial charge is 0.0689 e. The zero-order chi connectivity index (χ0) is 3.58. The summed E-state index contributed by atoms with van der Waals surface area (Å²) in [7, 11) is 0. The number of hydrogen-bond donors (Lipinski definition) is 0. The Kier molecular flexibility index (Phi) is 876. The van der Waals surface area contributed by atoms with Crippen molar-refractivity contribution in [2.75, 3.05) is 0 Å². The van der Waals surface area contributed by atoms with Crippen LogP contribution in [0.15, 0.2) is 0 Å². The summed E-state index contributed by atoms with van der Waals surface area (Å²) in [6.07, 6.45) is 0. The molecule has 0 unspecified atom stereocenters. The van der Waals surface area contributed by atoms with Crippen molar-refractivity contribution in [2.24, 2.45) is 0 Å². The van der Waals surface area contributed by atoms with Crippen molar-refractivity contribution in [3.05, 3.63) is 15.3 Å². The number of hydrogen-bond acceptors (Lipinski definition) is 3. The molecule has 0 bridgehead atoms. The molecule has 0 aromatic heterocycles. The fourth-order valence-corrected chi connectivity index (χ4v) is 0. The van der Waals surface area contributed by atoms with Gasteiger partial charge in [0.1, 0.15) is 0 Å². The van der Waals surface area contributed by atoms with Crippen LogP contribution in [0.25, 0.3) is 0 Å². The zero-order valence-corrected chi connectivity index (χ0v) is 6.73. The first-order valence-electron chi connectivity index (χ1n) is 0.548. The van der Waals surface area contributed by atoms with Crippen LogP contribution in [0, 0.1) is 52.2 Å². The van der Waals surface area contributed by atoms with Crippen LogP contribution >= 0.6 is 0 Å². The van der Waals surface area contributed by atoms with Gasteiger partial charge in [-0.25, -0.2) is 0 Å². The summed E-state index contributed by atoms with van der Waals surface area (Å²) in [5.41, 5.74) is 0. The number of rotatable bonds is 0. The molecule has 0 atom stereocenters. The molecule has 0 aliphatic carbocycles. The second kappa shape index (κ2) is 84.5. The molecule has 85 valence electrons. The van der Waals surface area contributed by atoms with Gasteiger partial charge in [-0.15, -0.1) is 0 Å². The van der Waals surface area contributed by atoms with Gasteiger partial charge in [0.25, 0.3) is 0 Å². The molecule has 0 saturated heterocycles. The van der Waals surface area contributed by atoms with Gasteiger partial charge in [-0.2, -0.15) is 0 Å². The molecule has 0 aromatic rings. The van der Waals surface area contributed by atoms with Crippen LogP contribution in [0.3, 0.4) is 0 Å². The Bertz CT molecular complexity index is 32.5. The van der Waals surface area contributed by atoms with Crippen LogP contribution in [0.2, 0.25) is 0 Å². The molecule has 12 N–H and O–H groups in total. The molecule has 0 amide bonds. The van der Waals surface area contributed by atoms with Crippen LogP contribution in [0.5, 0.6) is 0 Å². The fraction of sp³-hybridized carbons (Fsp3) is 0. The van der Waals surface area contributed by atoms with E-state index >= 15 is 0 Å². The quantitative estimate of drug-likeness (QED) is 0.310. The molecule has 11 heteroatoms. The third kappa shape index (κ3) is 18200. The van der Waals surface area contributed by atoms with Gasteiger partial charge >= 0.3 is 0 Å². The van der Waals surface area contributed by atoms with E-state index in [1.54, 1.807) is 0 Å². The molecule has 1 radical (unpaired) electrons. The summed E-state index contributed by atoms with van der Waals surface area (Å²) in [6, 6.07) is 0. The van der Waals surface area contributed by atoms with E-state index in [-0.39, 0.29) is 69.7 Å². The van der Waals surface area contributed by atoms with Gasteiger partial charge in [-0.05, 0) is 0 Å². The third-order valence-corrected chi connectivity index (χ3v) is 0. The van der Waals surface area contributed by atoms with Gasteiger partial charge in [0.2, 0.25) is 0 Å². The molecular weight excluding hydrogens is 327 g/mol. The van der Waals surface area contributed by atoms with E-state index in [0.29, 0.717) is 0 Å². The average molecular weight is 339 g/mol. The van der Waals surface area contributed by atoms with Gasteiger partial charge in [-0.1, -0.05) is 0 Å². The molecule has 0 aliphatic rings. The maximum absolute atomic E-state index is 8.25. The molecule has 11 heavy (non-hydrogen) atoms. The van der Waals surface area contributed by atoms with Gasteiger partial charge in [-0.3, -0.25) is 0 Å². The van der Waals surface area contributed by atoms with Crippen molar-refractivity contribution >= 4 is 0 Å². The summed E-state index contributed by atoms with van der Waals surface area (Å²) in [5, 5.41) is 14.8. The Balaban J connectivity index is -0.00000000214. The van der Waals surface area contributed by atoms with E-state index in [2.05, 4.69) is 0 Å². The predicted octanol–water partition coefficient (Wildman–Crippen LogP) is -5.19. The minimum atomic E-state index is -1.75. The van der Waals surface area contributed by atoms with Crippen LogP contribution in [-0.2, 0) is 0 Å². The van der Waals surface area contributed by atoms with Crippen molar-refractivity contribution in [1.29, 1.82) is 0 Å². The molecule has 0 rings (SSSR count). The van der Waals surface area contributed by atoms with E-state index in [9.17, 15) is 0 Å². The van der Waals surface area contributed by atoms with E-state index in [1.165, 1.54) is 0 Å². The Morgan fingerprint density at radius 1 is 0.727 bits per heavy atom. The Labute approximate surface area is 90.0 Å². The van der Waals surface area contributed by atoms with Crippen molar-refractivity contribution in [1.82, 2.24) is 0 Å². The molecular formula is H12NO9Tm-. The Hall–Kier alpha value is 0.194. The fourth-order valence-electron chi connectivity index (χ4n) is 0. The van der Waals surface area contributed by atoms with Gasteiger partial charge in [0.15, 0.2) is 0 Å². The summed E-state index contributed by atoms with van der Waals surface area (Å²) in [4.78, 5) is 8.25. The summed E-state index contributed by atoms with van der Waals surface area (Å²) in [5.74, 6) is 0. The van der Waals surface area contributed by atoms with Crippen molar-refractivity contribution in [2.45, 2.75) is 0 Å². The topological polar surface area (TPSA) is 255 Å². The number of nitrogens with zero attached hydrogens (tertiary/aromatic N) is 1. The van der Waals surface area contributed by atoms with Gasteiger partial charge in [0, 0.05) is 36.9 Å². The van der Waals surface area contributed by atoms with Gasteiger partial charge < -0.3 is 48.2 Å². The first-order chi connectivity index (χ1) is 1.73. The molecule has 0 saturated carbocycles. The first-order valence-corrected chi connectivity index (χ1v) is 0.548. The van der Waals surface area contributed by atoms with Crippen molar-refractivity contribution in [3.8, 4) is 0 Å². The van der Waals surface area contributed by atoms with Crippen LogP contribution in [-0.4, -0.2) is 37.9 Å².